The van der Waals surface area contributed by atoms with Gasteiger partial charge in [-0.2, -0.15) is 21.0 Å². The average Bonchev–Trinajstić information content (AvgIpc) is 0.946. The van der Waals surface area contributed by atoms with Crippen LogP contribution in [0.3, 0.4) is 0 Å². The number of pyridine rings is 4. The monoisotopic (exact) mass is 1670 g/mol. The molecule has 8 fully saturated rings. The van der Waals surface area contributed by atoms with E-state index in [0.717, 1.165) is 203 Å². The van der Waals surface area contributed by atoms with Crippen LogP contribution >= 0.6 is 11.6 Å². The number of carbonyl (C=O) groups is 5. The summed E-state index contributed by atoms with van der Waals surface area (Å²) in [7, 11) is 6.44. The zero-order valence-corrected chi connectivity index (χ0v) is 72.9. The van der Waals surface area contributed by atoms with Crippen LogP contribution in [-0.2, 0) is 45.4 Å². The summed E-state index contributed by atoms with van der Waals surface area (Å²) in [6, 6.07) is 26.6. The minimum Gasteiger partial charge on any atom is -0.495 e. The number of nitrogens with one attached hydrogen (secondary N) is 2. The van der Waals surface area contributed by atoms with Crippen LogP contribution in [0.5, 0.6) is 23.0 Å². The number of halogens is 1. The van der Waals surface area contributed by atoms with Gasteiger partial charge < -0.3 is 63.2 Å². The predicted molar refractivity (Wildman–Crippen MR) is 455 cm³/mol. The van der Waals surface area contributed by atoms with Crippen LogP contribution in [0.2, 0.25) is 0 Å². The summed E-state index contributed by atoms with van der Waals surface area (Å²) in [6.07, 6.45) is 33.0. The van der Waals surface area contributed by atoms with Gasteiger partial charge in [-0.3, -0.25) is 39.4 Å². The van der Waals surface area contributed by atoms with Crippen LogP contribution in [0.1, 0.15) is 193 Å². The number of Topliss-reactive ketones (excluding diaryl/α,β-unsaturated/α-hetero) is 1. The molecule has 0 radical (unpaired) electrons. The molecule has 0 atom stereocenters. The van der Waals surface area contributed by atoms with Crippen LogP contribution in [0, 0.1) is 70.0 Å². The van der Waals surface area contributed by atoms with Crippen LogP contribution in [0.4, 0.5) is 19.2 Å². The fourth-order valence-electron chi connectivity index (χ4n) is 16.4. The summed E-state index contributed by atoms with van der Waals surface area (Å²) in [5.74, 6) is 7.47. The summed E-state index contributed by atoms with van der Waals surface area (Å²) in [5.41, 5.74) is -0.472. The first kappa shape index (κ1) is 97.0. The summed E-state index contributed by atoms with van der Waals surface area (Å²) in [5, 5.41) is 45.8. The van der Waals surface area contributed by atoms with Crippen LogP contribution in [-0.4, -0.2) is 255 Å². The van der Waals surface area contributed by atoms with Gasteiger partial charge in [0.1, 0.15) is 45.4 Å². The Kier molecular flexibility index (Phi) is 39.1. The van der Waals surface area contributed by atoms with Crippen molar-refractivity contribution in [2.24, 2.45) is 0 Å². The number of rotatable bonds is 13. The zero-order valence-electron chi connectivity index (χ0n) is 72.1. The molecule has 4 saturated carbocycles. The fourth-order valence-corrected chi connectivity index (χ4v) is 16.4. The first-order chi connectivity index (χ1) is 57.6. The first-order valence-corrected chi connectivity index (χ1v) is 42.4. The number of amides is 3. The lowest BCUT2D eigenvalue weighted by Crippen LogP contribution is -2.44. The highest BCUT2D eigenvalue weighted by molar-refractivity contribution is 6.61. The molecule has 4 aliphatic heterocycles. The maximum Gasteiger partial charge on any atom is 0.410 e. The molecule has 120 heavy (non-hydrogen) atoms. The standard InChI is InChI=1S/C23H34N4O3.C22H28N4O3.C18H26N4O.C13H14N2O2.C10H20N2O2.C4H3ClO2/c1-22(2,3)30-21(28)27-13-5-12-26(14-15-27)18-8-10-23(17-24,11-9-18)20-7-6-19(29-4)16-25-20;1-3-15-29-21(27)26-12-4-11-25(13-14-26)18-7-9-22(17-23,10-8-18)20-6-5-19(28-2)16-24-20;1-23-16-3-4-17(21-13-16)18(14-19)7-5-15(6-8-18)22-11-2-9-20-10-12-22;1-17-11-2-3-12(15-8-11)13(9-14)6-4-10(16)5-7-13;1-10(2,3)14-9(13)12-7-4-5-11-6-8-12;1-2-3-7-4(5)6/h6-7,16,18H,5,8-15H2,1-4H3;1,5-6,16,18H,4,7-15H2,2H3;3-4,13,15,20H,2,5-12H2,1H3;2-3,8H,4-7H2,1H3;11H,4-8H2,1-3H3;1H,3H2. The quantitative estimate of drug-likeness (QED) is 0.0713. The summed E-state index contributed by atoms with van der Waals surface area (Å²) >= 11 is 4.70. The Labute approximate surface area is 715 Å². The smallest absolute Gasteiger partial charge is 0.410 e. The van der Waals surface area contributed by atoms with E-state index in [0.29, 0.717) is 80.7 Å². The van der Waals surface area contributed by atoms with Gasteiger partial charge in [0.2, 0.25) is 0 Å². The molecule has 29 nitrogen and oxygen atoms in total. The van der Waals surface area contributed by atoms with E-state index in [1.54, 1.807) is 69.1 Å². The minimum absolute atomic E-state index is 0.0112. The molecule has 0 bridgehead atoms. The number of ketones is 1. The highest BCUT2D eigenvalue weighted by Crippen LogP contribution is 2.44. The van der Waals surface area contributed by atoms with Crippen molar-refractivity contribution in [3.63, 3.8) is 0 Å². The van der Waals surface area contributed by atoms with Gasteiger partial charge in [0.25, 0.3) is 0 Å². The number of terminal acetylenes is 2. The molecule has 650 valence electrons. The van der Waals surface area contributed by atoms with Gasteiger partial charge in [-0.15, -0.1) is 12.8 Å². The molecule has 2 N–H and O–H groups in total. The molecule has 0 spiro atoms. The molecule has 8 aliphatic rings. The van der Waals surface area contributed by atoms with E-state index in [1.807, 2.05) is 88.9 Å². The Bertz CT molecular complexity index is 4090. The molecule has 0 unspecified atom stereocenters. The van der Waals surface area contributed by atoms with Crippen molar-refractivity contribution >= 4 is 41.1 Å². The molecule has 8 heterocycles. The third kappa shape index (κ3) is 29.7. The van der Waals surface area contributed by atoms with E-state index in [-0.39, 0.29) is 37.3 Å². The van der Waals surface area contributed by atoms with Gasteiger partial charge in [0.05, 0.1) is 117 Å². The fraction of sp³-hybridized carbons (Fsp3) is 0.633. The topological polar surface area (TPSA) is 349 Å². The Hall–Kier alpha value is -10.1. The Morgan fingerprint density at radius 2 is 0.733 bits per heavy atom. The van der Waals surface area contributed by atoms with Crippen LogP contribution in [0.15, 0.2) is 73.3 Å². The molecule has 4 aliphatic carbocycles. The van der Waals surface area contributed by atoms with Crippen molar-refractivity contribution in [1.82, 2.24) is 60.0 Å². The van der Waals surface area contributed by atoms with Crippen LogP contribution in [0.25, 0.3) is 0 Å². The number of carbonyl (C=O) groups excluding carboxylic acids is 5. The molecular weight excluding hydrogens is 1550 g/mol. The van der Waals surface area contributed by atoms with Crippen molar-refractivity contribution in [3.05, 3.63) is 96.1 Å². The van der Waals surface area contributed by atoms with Crippen molar-refractivity contribution in [2.45, 2.75) is 221 Å². The summed E-state index contributed by atoms with van der Waals surface area (Å²) in [6.45, 7) is 25.6. The van der Waals surface area contributed by atoms with Crippen LogP contribution < -0.4 is 29.6 Å². The van der Waals surface area contributed by atoms with Crippen molar-refractivity contribution in [1.29, 1.82) is 21.0 Å². The Morgan fingerprint density at radius 1 is 0.425 bits per heavy atom. The number of nitrogens with zero attached hydrogens (tertiary/aromatic N) is 14. The second kappa shape index (κ2) is 48.4. The number of aromatic nitrogens is 4. The molecule has 4 saturated heterocycles. The number of hydrogen-bond acceptors (Lipinski definition) is 26. The lowest BCUT2D eigenvalue weighted by atomic mass is 9.71. The molecule has 3 amide bonds. The normalized spacial score (nSPS) is 23.5. The number of hydrogen-bond donors (Lipinski definition) is 2. The van der Waals surface area contributed by atoms with E-state index in [9.17, 15) is 45.0 Å². The predicted octanol–water partition coefficient (Wildman–Crippen LogP) is 12.6. The third-order valence-corrected chi connectivity index (χ3v) is 23.3. The highest BCUT2D eigenvalue weighted by Gasteiger charge is 2.44. The summed E-state index contributed by atoms with van der Waals surface area (Å²) in [4.78, 5) is 87.7. The molecule has 12 rings (SSSR count). The average molecular weight is 1670 g/mol. The first-order valence-electron chi connectivity index (χ1n) is 42.0. The van der Waals surface area contributed by atoms with E-state index in [2.05, 4.69) is 86.1 Å². The molecule has 30 heteroatoms. The molecule has 4 aromatic rings. The number of methoxy groups -OCH3 is 4. The van der Waals surface area contributed by atoms with E-state index >= 15 is 0 Å². The van der Waals surface area contributed by atoms with Gasteiger partial charge in [0.15, 0.2) is 13.2 Å². The Balaban J connectivity index is 0.000000207. The van der Waals surface area contributed by atoms with Gasteiger partial charge in [-0.1, -0.05) is 11.8 Å². The summed E-state index contributed by atoms with van der Waals surface area (Å²) < 4.78 is 40.6. The molecule has 0 aromatic carbocycles. The van der Waals surface area contributed by atoms with E-state index in [4.69, 9.17) is 57.6 Å². The molecule has 4 aromatic heterocycles. The minimum atomic E-state index is -0.863. The van der Waals surface area contributed by atoms with Crippen molar-refractivity contribution in [3.8, 4) is 72.0 Å². The second-order valence-electron chi connectivity index (χ2n) is 33.3. The zero-order chi connectivity index (χ0) is 87.2. The maximum atomic E-state index is 12.4. The van der Waals surface area contributed by atoms with E-state index in [1.165, 1.54) is 13.0 Å². The van der Waals surface area contributed by atoms with E-state index < -0.39 is 38.3 Å². The molecular formula is C90H125ClN16O13. The number of ether oxygens (including phenoxy) is 8. The van der Waals surface area contributed by atoms with Gasteiger partial charge >= 0.3 is 23.7 Å². The van der Waals surface area contributed by atoms with Crippen molar-refractivity contribution in [2.75, 3.05) is 146 Å². The largest absolute Gasteiger partial charge is 0.495 e. The second-order valence-corrected chi connectivity index (χ2v) is 33.6. The maximum absolute atomic E-state index is 12.4. The lowest BCUT2D eigenvalue weighted by Gasteiger charge is -2.39. The van der Waals surface area contributed by atoms with Crippen molar-refractivity contribution < 1.29 is 61.9 Å². The van der Waals surface area contributed by atoms with Gasteiger partial charge in [0, 0.05) is 128 Å². The van der Waals surface area contributed by atoms with Gasteiger partial charge in [-0.05, 0) is 225 Å². The van der Waals surface area contributed by atoms with Gasteiger partial charge in [-0.25, -0.2) is 19.2 Å². The Morgan fingerprint density at radius 3 is 1.05 bits per heavy atom. The highest BCUT2D eigenvalue weighted by atomic mass is 35.5. The number of nitriles is 4. The SMILES string of the molecule is C#CCOC(=O)Cl.C#CCOC(=O)N1CCCN(C2CCC(C#N)(c3ccc(OC)cn3)CC2)CC1.CC(C)(C)OC(=O)N1CCCNCC1.COc1ccc(C2(C#N)CCC(=O)CC2)nc1.COc1ccc(C2(C#N)CCC(N3CCCN(C(=O)OC(C)(C)C)CC3)CC2)nc1.COc1ccc(C2(C#N)CCC(N3CCCNCC3)CC2)nc1. The third-order valence-electron chi connectivity index (χ3n) is 23.2. The lowest BCUT2D eigenvalue weighted by molar-refractivity contribution is -0.121.